The number of hydrogen-bond donors (Lipinski definition) is 3. The summed E-state index contributed by atoms with van der Waals surface area (Å²) in [7, 11) is 0. The van der Waals surface area contributed by atoms with E-state index >= 15 is 0 Å². The molecule has 23 heavy (non-hydrogen) atoms. The minimum atomic E-state index is -0.819. The summed E-state index contributed by atoms with van der Waals surface area (Å²) in [6, 6.07) is 9.66. The lowest BCUT2D eigenvalue weighted by molar-refractivity contribution is 0.105. The Balaban J connectivity index is 1.92. The lowest BCUT2D eigenvalue weighted by Gasteiger charge is -2.12. The third-order valence-corrected chi connectivity index (χ3v) is 3.52. The van der Waals surface area contributed by atoms with Gasteiger partial charge in [0.25, 0.3) is 0 Å². The standard InChI is InChI=1S/C16H17FN4O2/c1-10-6-15-16(7-14(10)18-8-13(23)9-22)20-21(19-15)12-4-2-11(17)3-5-12/h2-7,13,18,22-23H,8-9H2,1H3. The molecule has 0 aliphatic carbocycles. The zero-order valence-electron chi connectivity index (χ0n) is 12.6. The molecule has 3 rings (SSSR count). The Morgan fingerprint density at radius 2 is 1.83 bits per heavy atom. The number of aliphatic hydroxyl groups is 2. The maximum atomic E-state index is 13.0. The minimum Gasteiger partial charge on any atom is -0.394 e. The molecule has 6 nitrogen and oxygen atoms in total. The van der Waals surface area contributed by atoms with Gasteiger partial charge in [-0.3, -0.25) is 0 Å². The third-order valence-electron chi connectivity index (χ3n) is 3.52. The minimum absolute atomic E-state index is 0.245. The Morgan fingerprint density at radius 1 is 1.17 bits per heavy atom. The van der Waals surface area contributed by atoms with Crippen molar-refractivity contribution in [2.24, 2.45) is 0 Å². The maximum absolute atomic E-state index is 13.0. The molecule has 3 N–H and O–H groups in total. The van der Waals surface area contributed by atoms with Crippen molar-refractivity contribution in [1.29, 1.82) is 0 Å². The Hall–Kier alpha value is -2.51. The quantitative estimate of drug-likeness (QED) is 0.666. The van der Waals surface area contributed by atoms with Crippen molar-refractivity contribution in [3.05, 3.63) is 47.8 Å². The van der Waals surface area contributed by atoms with E-state index in [-0.39, 0.29) is 19.0 Å². The van der Waals surface area contributed by atoms with Gasteiger partial charge in [0.05, 0.1) is 18.4 Å². The number of nitrogens with one attached hydrogen (secondary N) is 1. The average molecular weight is 316 g/mol. The van der Waals surface area contributed by atoms with Crippen LogP contribution in [0.5, 0.6) is 0 Å². The van der Waals surface area contributed by atoms with E-state index in [9.17, 15) is 9.50 Å². The van der Waals surface area contributed by atoms with E-state index in [0.29, 0.717) is 11.2 Å². The average Bonchev–Trinajstić information content (AvgIpc) is 2.95. The molecule has 0 aliphatic heterocycles. The Kier molecular flexibility index (Phi) is 4.22. The Morgan fingerprint density at radius 3 is 2.48 bits per heavy atom. The van der Waals surface area contributed by atoms with Crippen LogP contribution in [-0.2, 0) is 0 Å². The molecular weight excluding hydrogens is 299 g/mol. The number of halogens is 1. The second-order valence-corrected chi connectivity index (χ2v) is 5.34. The first-order valence-electron chi connectivity index (χ1n) is 7.23. The molecule has 2 aromatic carbocycles. The predicted octanol–water partition coefficient (Wildman–Crippen LogP) is 1.63. The Labute approximate surface area is 132 Å². The van der Waals surface area contributed by atoms with E-state index in [1.807, 2.05) is 19.1 Å². The van der Waals surface area contributed by atoms with Gasteiger partial charge in [-0.1, -0.05) is 0 Å². The first kappa shape index (κ1) is 15.4. The molecule has 0 aliphatic rings. The molecule has 1 atom stereocenters. The van der Waals surface area contributed by atoms with Gasteiger partial charge in [-0.05, 0) is 48.9 Å². The van der Waals surface area contributed by atoms with E-state index in [1.54, 1.807) is 12.1 Å². The van der Waals surface area contributed by atoms with E-state index in [4.69, 9.17) is 5.11 Å². The van der Waals surface area contributed by atoms with Crippen LogP contribution in [-0.4, -0.2) is 44.5 Å². The van der Waals surface area contributed by atoms with Crippen LogP contribution in [0.25, 0.3) is 16.7 Å². The number of anilines is 1. The number of fused-ring (bicyclic) bond motifs is 1. The lowest BCUT2D eigenvalue weighted by atomic mass is 10.1. The second kappa shape index (κ2) is 6.31. The number of aromatic nitrogens is 3. The van der Waals surface area contributed by atoms with Gasteiger partial charge >= 0.3 is 0 Å². The zero-order valence-corrected chi connectivity index (χ0v) is 12.6. The summed E-state index contributed by atoms with van der Waals surface area (Å²) in [5.74, 6) is -0.310. The summed E-state index contributed by atoms with van der Waals surface area (Å²) in [6.45, 7) is 1.87. The van der Waals surface area contributed by atoms with Crippen LogP contribution in [0.2, 0.25) is 0 Å². The highest BCUT2D eigenvalue weighted by molar-refractivity contribution is 5.80. The third kappa shape index (κ3) is 3.30. The van der Waals surface area contributed by atoms with Gasteiger partial charge in [-0.25, -0.2) is 4.39 Å². The SMILES string of the molecule is Cc1cc2nn(-c3ccc(F)cc3)nc2cc1NCC(O)CO. The monoisotopic (exact) mass is 316 g/mol. The van der Waals surface area contributed by atoms with Crippen LogP contribution < -0.4 is 5.32 Å². The fraction of sp³-hybridized carbons (Fsp3) is 0.250. The number of benzene rings is 2. The van der Waals surface area contributed by atoms with E-state index in [0.717, 1.165) is 16.8 Å². The molecule has 120 valence electrons. The number of aryl methyl sites for hydroxylation is 1. The lowest BCUT2D eigenvalue weighted by Crippen LogP contribution is -2.23. The Bertz CT molecular complexity index is 817. The van der Waals surface area contributed by atoms with Crippen molar-refractivity contribution >= 4 is 16.7 Å². The molecule has 0 bridgehead atoms. The summed E-state index contributed by atoms with van der Waals surface area (Å²) >= 11 is 0. The highest BCUT2D eigenvalue weighted by atomic mass is 19.1. The first-order chi connectivity index (χ1) is 11.1. The second-order valence-electron chi connectivity index (χ2n) is 5.34. The van der Waals surface area contributed by atoms with Crippen molar-refractivity contribution in [2.75, 3.05) is 18.5 Å². The molecule has 7 heteroatoms. The molecule has 0 saturated heterocycles. The molecule has 1 heterocycles. The van der Waals surface area contributed by atoms with Crippen molar-refractivity contribution in [1.82, 2.24) is 15.0 Å². The van der Waals surface area contributed by atoms with Gasteiger partial charge in [0.2, 0.25) is 0 Å². The van der Waals surface area contributed by atoms with Crippen LogP contribution >= 0.6 is 0 Å². The zero-order chi connectivity index (χ0) is 16.4. The normalized spacial score (nSPS) is 12.5. The van der Waals surface area contributed by atoms with Crippen molar-refractivity contribution in [2.45, 2.75) is 13.0 Å². The van der Waals surface area contributed by atoms with Gasteiger partial charge in [0, 0.05) is 12.2 Å². The van der Waals surface area contributed by atoms with Crippen LogP contribution in [0, 0.1) is 12.7 Å². The summed E-state index contributed by atoms with van der Waals surface area (Å²) in [5, 5.41) is 30.1. The van der Waals surface area contributed by atoms with Crippen molar-refractivity contribution in [3.8, 4) is 5.69 Å². The summed E-state index contributed by atoms with van der Waals surface area (Å²) in [6.07, 6.45) is -0.819. The summed E-state index contributed by atoms with van der Waals surface area (Å²) in [5.41, 5.74) is 3.84. The van der Waals surface area contributed by atoms with Gasteiger partial charge in [-0.2, -0.15) is 4.80 Å². The van der Waals surface area contributed by atoms with Crippen LogP contribution in [0.3, 0.4) is 0 Å². The van der Waals surface area contributed by atoms with Crippen LogP contribution in [0.4, 0.5) is 10.1 Å². The summed E-state index contributed by atoms with van der Waals surface area (Å²) in [4.78, 5) is 1.45. The van der Waals surface area contributed by atoms with E-state index in [1.165, 1.54) is 16.9 Å². The van der Waals surface area contributed by atoms with Crippen LogP contribution in [0.15, 0.2) is 36.4 Å². The smallest absolute Gasteiger partial charge is 0.123 e. The first-order valence-corrected chi connectivity index (χ1v) is 7.23. The van der Waals surface area contributed by atoms with Gasteiger partial charge in [-0.15, -0.1) is 10.2 Å². The van der Waals surface area contributed by atoms with E-state index < -0.39 is 6.10 Å². The number of hydrogen-bond acceptors (Lipinski definition) is 5. The van der Waals surface area contributed by atoms with Crippen LogP contribution in [0.1, 0.15) is 5.56 Å². The molecular formula is C16H17FN4O2. The van der Waals surface area contributed by atoms with Gasteiger partial charge < -0.3 is 15.5 Å². The number of aliphatic hydroxyl groups excluding tert-OH is 2. The van der Waals surface area contributed by atoms with Crippen molar-refractivity contribution < 1.29 is 14.6 Å². The number of nitrogens with zero attached hydrogens (tertiary/aromatic N) is 3. The fourth-order valence-corrected chi connectivity index (χ4v) is 2.24. The topological polar surface area (TPSA) is 83.2 Å². The summed E-state index contributed by atoms with van der Waals surface area (Å²) < 4.78 is 13.0. The number of rotatable bonds is 5. The maximum Gasteiger partial charge on any atom is 0.123 e. The van der Waals surface area contributed by atoms with Gasteiger partial charge in [0.15, 0.2) is 0 Å². The molecule has 0 spiro atoms. The molecule has 0 amide bonds. The molecule has 1 aromatic heterocycles. The predicted molar refractivity (Wildman–Crippen MR) is 85.1 cm³/mol. The largest absolute Gasteiger partial charge is 0.394 e. The fourth-order valence-electron chi connectivity index (χ4n) is 2.24. The highest BCUT2D eigenvalue weighted by Gasteiger charge is 2.09. The van der Waals surface area contributed by atoms with Crippen molar-refractivity contribution in [3.63, 3.8) is 0 Å². The molecule has 0 radical (unpaired) electrons. The molecule has 3 aromatic rings. The highest BCUT2D eigenvalue weighted by Crippen LogP contribution is 2.22. The molecule has 1 unspecified atom stereocenters. The molecule has 0 fully saturated rings. The molecule has 0 saturated carbocycles. The van der Waals surface area contributed by atoms with E-state index in [2.05, 4.69) is 15.5 Å². The van der Waals surface area contributed by atoms with Gasteiger partial charge in [0.1, 0.15) is 16.9 Å².